The Hall–Kier alpha value is -3.04. The van der Waals surface area contributed by atoms with Gasteiger partial charge in [0.25, 0.3) is 5.91 Å². The lowest BCUT2D eigenvalue weighted by molar-refractivity contribution is -0.136. The van der Waals surface area contributed by atoms with Crippen LogP contribution in [0, 0.1) is 11.6 Å². The molecule has 3 aromatic rings. The van der Waals surface area contributed by atoms with Crippen LogP contribution in [0.25, 0.3) is 17.2 Å². The molecule has 1 fully saturated rings. The van der Waals surface area contributed by atoms with Crippen molar-refractivity contribution in [2.45, 2.75) is 6.42 Å². The number of hydrazine groups is 1. The minimum absolute atomic E-state index is 0.212. The molecule has 0 bridgehead atoms. The summed E-state index contributed by atoms with van der Waals surface area (Å²) in [6.07, 6.45) is 1.38. The maximum Gasteiger partial charge on any atom is 0.309 e. The Morgan fingerprint density at radius 2 is 1.94 bits per heavy atom. The van der Waals surface area contributed by atoms with Gasteiger partial charge in [-0.05, 0) is 40.8 Å². The van der Waals surface area contributed by atoms with Crippen molar-refractivity contribution in [2.24, 2.45) is 0 Å². The molecule has 2 aromatic heterocycles. The average molecular weight is 553 g/mol. The molecule has 4 rings (SSSR count). The first-order valence-electron chi connectivity index (χ1n) is 9.71. The quantitative estimate of drug-likeness (QED) is 0.283. The number of aliphatic carboxylic acids is 1. The van der Waals surface area contributed by atoms with Gasteiger partial charge in [0.1, 0.15) is 0 Å². The average Bonchev–Trinajstić information content (AvgIpc) is 3.49. The number of carboxylic acids is 1. The maximum absolute atomic E-state index is 13.5. The van der Waals surface area contributed by atoms with Crippen molar-refractivity contribution in [3.63, 3.8) is 0 Å². The standard InChI is InChI=1S/C21H14F2N4O4S4/c22-14-2-1-10(4-15(14)23)11-3-13(33-8-11)6-16-19(31)27(21(32)35-16)24-7-17(28)26-20-25-12(9-34-20)5-18(29)30/h1-4,6,8-9,24H,5,7H2,(H,29,30)(H,25,26,28)/b16-6-. The fourth-order valence-corrected chi connectivity index (χ4v) is 5.76. The number of hydrogen-bond donors (Lipinski definition) is 3. The van der Waals surface area contributed by atoms with Crippen molar-refractivity contribution >= 4 is 80.0 Å². The van der Waals surface area contributed by atoms with Crippen molar-refractivity contribution in [3.05, 3.63) is 62.1 Å². The molecule has 1 saturated heterocycles. The molecule has 3 N–H and O–H groups in total. The molecule has 2 amide bonds. The second-order valence-electron chi connectivity index (χ2n) is 6.98. The minimum atomic E-state index is -1.03. The number of thiocarbonyl (C=S) groups is 1. The first kappa shape index (κ1) is 25.1. The van der Waals surface area contributed by atoms with E-state index in [9.17, 15) is 23.2 Å². The molecule has 35 heavy (non-hydrogen) atoms. The van der Waals surface area contributed by atoms with Crippen LogP contribution >= 0.6 is 46.7 Å². The highest BCUT2D eigenvalue weighted by Crippen LogP contribution is 2.34. The van der Waals surface area contributed by atoms with E-state index in [-0.39, 0.29) is 22.4 Å². The number of thiazole rings is 1. The second-order valence-corrected chi connectivity index (χ2v) is 10.5. The number of rotatable bonds is 8. The summed E-state index contributed by atoms with van der Waals surface area (Å²) in [4.78, 5) is 40.7. The molecule has 14 heteroatoms. The Morgan fingerprint density at radius 3 is 2.69 bits per heavy atom. The van der Waals surface area contributed by atoms with Crippen LogP contribution in [0.5, 0.6) is 0 Å². The number of aromatic nitrogens is 1. The Balaban J connectivity index is 1.36. The molecule has 0 spiro atoms. The number of nitrogens with one attached hydrogen (secondary N) is 2. The van der Waals surface area contributed by atoms with Gasteiger partial charge in [-0.15, -0.1) is 22.7 Å². The minimum Gasteiger partial charge on any atom is -0.481 e. The van der Waals surface area contributed by atoms with Gasteiger partial charge >= 0.3 is 5.97 Å². The lowest BCUT2D eigenvalue weighted by Gasteiger charge is -2.15. The first-order valence-corrected chi connectivity index (χ1v) is 12.7. The summed E-state index contributed by atoms with van der Waals surface area (Å²) in [5.74, 6) is -3.83. The van der Waals surface area contributed by atoms with Gasteiger partial charge in [0, 0.05) is 10.3 Å². The lowest BCUT2D eigenvalue weighted by Crippen LogP contribution is -2.44. The fourth-order valence-electron chi connectivity index (χ4n) is 2.90. The number of hydrogen-bond acceptors (Lipinski definition) is 9. The van der Waals surface area contributed by atoms with Crippen molar-refractivity contribution in [3.8, 4) is 11.1 Å². The van der Waals surface area contributed by atoms with Crippen molar-refractivity contribution in [1.29, 1.82) is 0 Å². The van der Waals surface area contributed by atoms with E-state index in [4.69, 9.17) is 17.3 Å². The molecule has 0 aliphatic carbocycles. The molecular formula is C21H14F2N4O4S4. The topological polar surface area (TPSA) is 112 Å². The van der Waals surface area contributed by atoms with Crippen LogP contribution in [0.3, 0.4) is 0 Å². The maximum atomic E-state index is 13.5. The SMILES string of the molecule is O=C(O)Cc1csc(NC(=O)CNN2C(=O)/C(=C/c3cc(-c4ccc(F)c(F)c4)cs3)SC2=S)n1. The number of carboxylic acid groups (broad SMARTS) is 1. The van der Waals surface area contributed by atoms with Gasteiger partial charge < -0.3 is 10.4 Å². The van der Waals surface area contributed by atoms with Gasteiger partial charge in [0.15, 0.2) is 21.1 Å². The van der Waals surface area contributed by atoms with Gasteiger partial charge in [0.05, 0.1) is 23.6 Å². The third kappa shape index (κ3) is 6.15. The molecule has 1 aromatic carbocycles. The third-order valence-electron chi connectivity index (χ3n) is 4.47. The number of amides is 2. The van der Waals surface area contributed by atoms with E-state index < -0.39 is 29.4 Å². The molecule has 1 aliphatic heterocycles. The predicted molar refractivity (Wildman–Crippen MR) is 135 cm³/mol. The summed E-state index contributed by atoms with van der Waals surface area (Å²) in [6, 6.07) is 5.38. The monoisotopic (exact) mass is 552 g/mol. The van der Waals surface area contributed by atoms with E-state index in [0.29, 0.717) is 26.6 Å². The van der Waals surface area contributed by atoms with E-state index in [2.05, 4.69) is 15.7 Å². The van der Waals surface area contributed by atoms with Gasteiger partial charge in [-0.2, -0.15) is 0 Å². The van der Waals surface area contributed by atoms with Crippen molar-refractivity contribution in [2.75, 3.05) is 11.9 Å². The van der Waals surface area contributed by atoms with E-state index >= 15 is 0 Å². The molecule has 3 heterocycles. The third-order valence-corrected chi connectivity index (χ3v) is 7.46. The fraction of sp³-hybridized carbons (Fsp3) is 0.0952. The van der Waals surface area contributed by atoms with Crippen LogP contribution in [0.4, 0.5) is 13.9 Å². The predicted octanol–water partition coefficient (Wildman–Crippen LogP) is 4.12. The van der Waals surface area contributed by atoms with Gasteiger partial charge in [-0.25, -0.2) is 24.2 Å². The van der Waals surface area contributed by atoms with E-state index in [1.165, 1.54) is 22.8 Å². The summed E-state index contributed by atoms with van der Waals surface area (Å²) in [7, 11) is 0. The largest absolute Gasteiger partial charge is 0.481 e. The number of thioether (sulfide) groups is 1. The molecule has 0 atom stereocenters. The number of halogens is 2. The summed E-state index contributed by atoms with van der Waals surface area (Å²) < 4.78 is 26.9. The highest BCUT2D eigenvalue weighted by Gasteiger charge is 2.32. The number of anilines is 1. The van der Waals surface area contributed by atoms with Crippen LogP contribution in [0.2, 0.25) is 0 Å². The number of benzene rings is 1. The number of thiophene rings is 1. The Labute approximate surface area is 214 Å². The van der Waals surface area contributed by atoms with Crippen LogP contribution in [-0.2, 0) is 20.8 Å². The van der Waals surface area contributed by atoms with Gasteiger partial charge in [-0.1, -0.05) is 30.0 Å². The van der Waals surface area contributed by atoms with Crippen molar-refractivity contribution in [1.82, 2.24) is 15.4 Å². The van der Waals surface area contributed by atoms with Gasteiger partial charge in [0.2, 0.25) is 5.91 Å². The summed E-state index contributed by atoms with van der Waals surface area (Å²) in [5.41, 5.74) is 4.19. The molecule has 0 radical (unpaired) electrons. The molecule has 8 nitrogen and oxygen atoms in total. The number of carbonyl (C=O) groups is 3. The van der Waals surface area contributed by atoms with Crippen LogP contribution in [0.15, 0.2) is 39.9 Å². The molecule has 180 valence electrons. The molecule has 0 saturated carbocycles. The Morgan fingerprint density at radius 1 is 1.14 bits per heavy atom. The second kappa shape index (κ2) is 10.7. The number of carbonyl (C=O) groups excluding carboxylic acids is 2. The number of nitrogens with zero attached hydrogens (tertiary/aromatic N) is 2. The van der Waals surface area contributed by atoms with E-state index in [1.54, 1.807) is 17.5 Å². The first-order chi connectivity index (χ1) is 16.7. The van der Waals surface area contributed by atoms with Crippen molar-refractivity contribution < 1.29 is 28.3 Å². The van der Waals surface area contributed by atoms with E-state index in [1.807, 2.05) is 0 Å². The smallest absolute Gasteiger partial charge is 0.309 e. The summed E-state index contributed by atoms with van der Waals surface area (Å²) in [6.45, 7) is -0.271. The van der Waals surface area contributed by atoms with Crippen LogP contribution in [0.1, 0.15) is 10.6 Å². The Kier molecular flexibility index (Phi) is 7.66. The normalized spacial score (nSPS) is 14.7. The summed E-state index contributed by atoms with van der Waals surface area (Å²) >= 11 is 8.71. The zero-order valence-electron chi connectivity index (χ0n) is 17.4. The molecule has 0 unspecified atom stereocenters. The highest BCUT2D eigenvalue weighted by atomic mass is 32.2. The van der Waals surface area contributed by atoms with Crippen LogP contribution in [-0.4, -0.2) is 43.7 Å². The molecular weight excluding hydrogens is 539 g/mol. The highest BCUT2D eigenvalue weighted by molar-refractivity contribution is 8.26. The van der Waals surface area contributed by atoms with E-state index in [0.717, 1.165) is 40.2 Å². The zero-order chi connectivity index (χ0) is 25.1. The van der Waals surface area contributed by atoms with Gasteiger partial charge in [-0.3, -0.25) is 14.4 Å². The zero-order valence-corrected chi connectivity index (χ0v) is 20.7. The van der Waals surface area contributed by atoms with Crippen LogP contribution < -0.4 is 10.7 Å². The Bertz CT molecular complexity index is 1370. The molecule has 1 aliphatic rings. The summed E-state index contributed by atoms with van der Waals surface area (Å²) in [5, 5.41) is 15.9. The lowest BCUT2D eigenvalue weighted by atomic mass is 10.1.